The summed E-state index contributed by atoms with van der Waals surface area (Å²) in [6.45, 7) is 0. The molecule has 0 aliphatic heterocycles. The molecule has 0 saturated carbocycles. The quantitative estimate of drug-likeness (QED) is 0.723. The van der Waals surface area contributed by atoms with Crippen molar-refractivity contribution in [2.45, 2.75) is 0 Å². The van der Waals surface area contributed by atoms with Gasteiger partial charge in [0, 0.05) is 8.95 Å². The predicted molar refractivity (Wildman–Crippen MR) is 81.2 cm³/mol. The maximum atomic E-state index is 13.6. The third-order valence-corrected chi connectivity index (χ3v) is 3.67. The fourth-order valence-corrected chi connectivity index (χ4v) is 2.35. The van der Waals surface area contributed by atoms with Crippen molar-refractivity contribution in [3.63, 3.8) is 0 Å². The Morgan fingerprint density at radius 2 is 1.74 bits per heavy atom. The van der Waals surface area contributed by atoms with E-state index in [1.165, 1.54) is 12.1 Å². The van der Waals surface area contributed by atoms with Crippen molar-refractivity contribution >= 4 is 55.1 Å². The molecule has 0 fully saturated rings. The lowest BCUT2D eigenvalue weighted by atomic mass is 10.2. The maximum absolute atomic E-state index is 13.6. The Morgan fingerprint density at radius 3 is 2.42 bits per heavy atom. The standard InChI is InChI=1S/C13H7Br2ClFNO/c14-7-1-3-10(16)9(5-7)13(19)18-12-4-2-8(15)6-11(12)17/h1-6H,(H,18,19). The van der Waals surface area contributed by atoms with Gasteiger partial charge in [-0.2, -0.15) is 0 Å². The minimum atomic E-state index is -0.520. The summed E-state index contributed by atoms with van der Waals surface area (Å²) in [4.78, 5) is 12.0. The number of anilines is 1. The molecule has 0 heterocycles. The molecule has 2 rings (SSSR count). The first kappa shape index (κ1) is 14.5. The number of carbonyl (C=O) groups excluding carboxylic acids is 1. The van der Waals surface area contributed by atoms with Crippen molar-refractivity contribution in [3.05, 3.63) is 61.7 Å². The van der Waals surface area contributed by atoms with E-state index in [1.807, 2.05) is 0 Å². The number of carbonyl (C=O) groups is 1. The van der Waals surface area contributed by atoms with Gasteiger partial charge >= 0.3 is 0 Å². The van der Waals surface area contributed by atoms with Crippen molar-refractivity contribution in [1.82, 2.24) is 0 Å². The number of halogens is 4. The molecule has 6 heteroatoms. The van der Waals surface area contributed by atoms with Crippen molar-refractivity contribution in [3.8, 4) is 0 Å². The first-order chi connectivity index (χ1) is 8.97. The molecule has 0 bridgehead atoms. The Balaban J connectivity index is 2.28. The fourth-order valence-electron chi connectivity index (χ4n) is 1.45. The zero-order valence-electron chi connectivity index (χ0n) is 9.38. The Morgan fingerprint density at radius 1 is 1.11 bits per heavy atom. The van der Waals surface area contributed by atoms with E-state index in [2.05, 4.69) is 37.2 Å². The minimum absolute atomic E-state index is 0.101. The first-order valence-electron chi connectivity index (χ1n) is 5.19. The molecule has 0 unspecified atom stereocenters. The topological polar surface area (TPSA) is 29.1 Å². The monoisotopic (exact) mass is 405 g/mol. The number of hydrogen-bond acceptors (Lipinski definition) is 1. The van der Waals surface area contributed by atoms with Crippen LogP contribution in [0.2, 0.25) is 5.02 Å². The highest BCUT2D eigenvalue weighted by Crippen LogP contribution is 2.24. The summed E-state index contributed by atoms with van der Waals surface area (Å²) in [5, 5.41) is 2.79. The van der Waals surface area contributed by atoms with Crippen molar-refractivity contribution in [1.29, 1.82) is 0 Å². The van der Waals surface area contributed by atoms with Gasteiger partial charge in [-0.25, -0.2) is 4.39 Å². The van der Waals surface area contributed by atoms with Crippen LogP contribution in [0.25, 0.3) is 0 Å². The van der Waals surface area contributed by atoms with E-state index in [0.717, 1.165) is 4.47 Å². The van der Waals surface area contributed by atoms with Crippen LogP contribution < -0.4 is 5.32 Å². The molecule has 0 aliphatic carbocycles. The van der Waals surface area contributed by atoms with E-state index < -0.39 is 11.7 Å². The van der Waals surface area contributed by atoms with E-state index in [4.69, 9.17) is 11.6 Å². The van der Waals surface area contributed by atoms with Crippen molar-refractivity contribution < 1.29 is 9.18 Å². The molecule has 1 amide bonds. The molecule has 0 aliphatic rings. The molecular weight excluding hydrogens is 400 g/mol. The van der Waals surface area contributed by atoms with E-state index in [1.54, 1.807) is 24.3 Å². The van der Waals surface area contributed by atoms with Crippen molar-refractivity contribution in [2.75, 3.05) is 5.32 Å². The molecule has 98 valence electrons. The maximum Gasteiger partial charge on any atom is 0.257 e. The summed E-state index contributed by atoms with van der Waals surface area (Å²) in [5.41, 5.74) is 0.377. The Bertz CT molecular complexity index is 649. The van der Waals surface area contributed by atoms with Crippen LogP contribution in [0, 0.1) is 5.82 Å². The Kier molecular flexibility index (Phi) is 4.60. The third kappa shape index (κ3) is 3.55. The molecule has 2 aromatic carbocycles. The largest absolute Gasteiger partial charge is 0.319 e. The predicted octanol–water partition coefficient (Wildman–Crippen LogP) is 5.26. The number of rotatable bonds is 2. The average molecular weight is 407 g/mol. The van der Waals surface area contributed by atoms with E-state index in [0.29, 0.717) is 9.50 Å². The SMILES string of the molecule is O=C(Nc1ccc(Br)cc1F)c1cc(Br)ccc1Cl. The lowest BCUT2D eigenvalue weighted by molar-refractivity contribution is 0.102. The van der Waals surface area contributed by atoms with E-state index in [9.17, 15) is 9.18 Å². The third-order valence-electron chi connectivity index (χ3n) is 2.35. The van der Waals surface area contributed by atoms with Crippen LogP contribution in [0.5, 0.6) is 0 Å². The Hall–Kier alpha value is -0.910. The summed E-state index contributed by atoms with van der Waals surface area (Å²) in [5.74, 6) is -0.985. The van der Waals surface area contributed by atoms with Crippen LogP contribution in [0.15, 0.2) is 45.3 Å². The molecule has 2 nitrogen and oxygen atoms in total. The molecule has 0 saturated heterocycles. The lowest BCUT2D eigenvalue weighted by Gasteiger charge is -2.08. The number of benzene rings is 2. The van der Waals surface area contributed by atoms with Crippen LogP contribution in [-0.4, -0.2) is 5.91 Å². The summed E-state index contributed by atoms with van der Waals surface area (Å²) in [7, 11) is 0. The van der Waals surface area contributed by atoms with Crippen LogP contribution in [0.3, 0.4) is 0 Å². The second-order valence-electron chi connectivity index (χ2n) is 3.70. The minimum Gasteiger partial charge on any atom is -0.319 e. The van der Waals surface area contributed by atoms with Crippen LogP contribution >= 0.6 is 43.5 Å². The number of hydrogen-bond donors (Lipinski definition) is 1. The van der Waals surface area contributed by atoms with Crippen LogP contribution in [0.1, 0.15) is 10.4 Å². The van der Waals surface area contributed by atoms with Gasteiger partial charge in [-0.1, -0.05) is 43.5 Å². The summed E-state index contributed by atoms with van der Waals surface area (Å²) >= 11 is 12.3. The lowest BCUT2D eigenvalue weighted by Crippen LogP contribution is -2.13. The second-order valence-corrected chi connectivity index (χ2v) is 5.94. The summed E-state index contributed by atoms with van der Waals surface area (Å²) < 4.78 is 14.9. The first-order valence-corrected chi connectivity index (χ1v) is 7.15. The Labute approximate surface area is 131 Å². The zero-order valence-corrected chi connectivity index (χ0v) is 13.3. The molecule has 19 heavy (non-hydrogen) atoms. The van der Waals surface area contributed by atoms with E-state index in [-0.39, 0.29) is 11.3 Å². The van der Waals surface area contributed by atoms with Gasteiger partial charge in [0.2, 0.25) is 0 Å². The van der Waals surface area contributed by atoms with Gasteiger partial charge in [0.15, 0.2) is 0 Å². The second kappa shape index (κ2) is 6.03. The smallest absolute Gasteiger partial charge is 0.257 e. The van der Waals surface area contributed by atoms with Gasteiger partial charge in [0.05, 0.1) is 16.3 Å². The van der Waals surface area contributed by atoms with Crippen molar-refractivity contribution in [2.24, 2.45) is 0 Å². The van der Waals surface area contributed by atoms with Gasteiger partial charge in [-0.3, -0.25) is 4.79 Å². The van der Waals surface area contributed by atoms with Gasteiger partial charge in [0.25, 0.3) is 5.91 Å². The summed E-state index contributed by atoms with van der Waals surface area (Å²) in [6.07, 6.45) is 0. The summed E-state index contributed by atoms with van der Waals surface area (Å²) in [6, 6.07) is 9.29. The average Bonchev–Trinajstić information content (AvgIpc) is 2.35. The fraction of sp³-hybridized carbons (Fsp3) is 0. The van der Waals surface area contributed by atoms with Gasteiger partial charge in [0.1, 0.15) is 5.82 Å². The molecule has 0 aromatic heterocycles. The highest BCUT2D eigenvalue weighted by molar-refractivity contribution is 9.10. The highest BCUT2D eigenvalue weighted by atomic mass is 79.9. The van der Waals surface area contributed by atoms with Crippen LogP contribution in [0.4, 0.5) is 10.1 Å². The number of nitrogens with one attached hydrogen (secondary N) is 1. The number of amides is 1. The molecule has 2 aromatic rings. The van der Waals surface area contributed by atoms with Crippen LogP contribution in [-0.2, 0) is 0 Å². The van der Waals surface area contributed by atoms with Gasteiger partial charge in [-0.05, 0) is 36.4 Å². The molecule has 0 spiro atoms. The normalized spacial score (nSPS) is 10.3. The molecule has 0 radical (unpaired) electrons. The zero-order chi connectivity index (χ0) is 14.0. The molecule has 0 atom stereocenters. The molecule has 1 N–H and O–H groups in total. The van der Waals surface area contributed by atoms with Gasteiger partial charge < -0.3 is 5.32 Å². The molecular formula is C13H7Br2ClFNO. The highest BCUT2D eigenvalue weighted by Gasteiger charge is 2.13. The van der Waals surface area contributed by atoms with E-state index >= 15 is 0 Å². The van der Waals surface area contributed by atoms with Gasteiger partial charge in [-0.15, -0.1) is 0 Å².